The van der Waals surface area contributed by atoms with Gasteiger partial charge in [-0.25, -0.2) is 0 Å². The van der Waals surface area contributed by atoms with Crippen LogP contribution in [0.1, 0.15) is 194 Å². The van der Waals surface area contributed by atoms with Gasteiger partial charge in [0.15, 0.2) is 34.7 Å². The van der Waals surface area contributed by atoms with Crippen molar-refractivity contribution in [3.63, 3.8) is 0 Å². The molecule has 1 aliphatic rings. The van der Waals surface area contributed by atoms with Crippen LogP contribution in [-0.2, 0) is 110 Å². The normalized spacial score (nSPS) is 16.2. The van der Waals surface area contributed by atoms with Crippen molar-refractivity contribution in [3.05, 3.63) is 95.6 Å². The fourth-order valence-electron chi connectivity index (χ4n) is 15.3. The number of nitrogens with zero attached hydrogens (tertiary/aromatic N) is 1. The number of nitrogens with two attached hydrogens (primary N) is 1. The Morgan fingerprint density at radius 3 is 1.45 bits per heavy atom. The molecule has 730 valence electrons. The van der Waals surface area contributed by atoms with Crippen LogP contribution < -0.4 is 43.0 Å². The number of hydrogen-bond acceptors (Lipinski definition) is 28. The van der Waals surface area contributed by atoms with Crippen LogP contribution in [0, 0.1) is 53.3 Å². The summed E-state index contributed by atoms with van der Waals surface area (Å²) in [5.41, 5.74) is 6.77. The van der Waals surface area contributed by atoms with Gasteiger partial charge < -0.3 is 98.9 Å². The maximum absolute atomic E-state index is 14.9. The first kappa shape index (κ1) is 113. The second-order valence-corrected chi connectivity index (χ2v) is 35.7. The lowest BCUT2D eigenvalue weighted by molar-refractivity contribution is -0.143. The number of nitrogens with one attached hydrogen (secondary N) is 7. The van der Waals surface area contributed by atoms with Crippen molar-refractivity contribution in [2.75, 3.05) is 51.0 Å². The van der Waals surface area contributed by atoms with Gasteiger partial charge in [0.25, 0.3) is 0 Å². The number of thioether (sulfide) groups is 1. The number of Topliss-reactive ketones (excluding diaryl/α,β-unsaturated/α-hetero) is 8. The smallest absolute Gasteiger partial charge is 0.304 e. The highest BCUT2D eigenvalue weighted by Crippen LogP contribution is 2.27. The highest BCUT2D eigenvalue weighted by molar-refractivity contribution is 8.00. The summed E-state index contributed by atoms with van der Waals surface area (Å²) in [5.74, 6) is -30.1. The van der Waals surface area contributed by atoms with E-state index < -0.39 is 280 Å². The number of carboxylic acids is 3. The molecule has 0 bridgehead atoms. The van der Waals surface area contributed by atoms with Crippen LogP contribution >= 0.6 is 11.8 Å². The largest absolute Gasteiger partial charge is 0.508 e. The van der Waals surface area contributed by atoms with Crippen LogP contribution in [0.5, 0.6) is 11.5 Å². The number of aromatic hydroxyl groups is 2. The molecule has 1 aliphatic heterocycles. The number of unbranched alkanes of at least 4 members (excludes halogenated alkanes) is 1. The van der Waals surface area contributed by atoms with E-state index >= 15 is 0 Å². The summed E-state index contributed by atoms with van der Waals surface area (Å²) < 4.78 is 0. The van der Waals surface area contributed by atoms with E-state index in [9.17, 15) is 142 Å². The number of rotatable bonds is 68. The minimum Gasteiger partial charge on any atom is -0.508 e. The molecular weight excluding hydrogens is 1740 g/mol. The number of aliphatic hydroxyl groups is 5. The van der Waals surface area contributed by atoms with Gasteiger partial charge in [-0.2, -0.15) is 0 Å². The molecule has 4 rings (SSSR count). The van der Waals surface area contributed by atoms with Gasteiger partial charge in [0.05, 0.1) is 123 Å². The molecule has 132 heavy (non-hydrogen) atoms. The van der Waals surface area contributed by atoms with Crippen molar-refractivity contribution in [1.29, 1.82) is 0 Å². The Kier molecular flexibility index (Phi) is 50.4. The average molecular weight is 1870 g/mol. The summed E-state index contributed by atoms with van der Waals surface area (Å²) in [5, 5.41) is 121. The lowest BCUT2D eigenvalue weighted by Gasteiger charge is -2.28. The Bertz CT molecular complexity index is 4380. The molecule has 1 fully saturated rings. The van der Waals surface area contributed by atoms with E-state index in [2.05, 4.69) is 37.2 Å². The van der Waals surface area contributed by atoms with Crippen molar-refractivity contribution in [2.24, 2.45) is 59.0 Å². The minimum atomic E-state index is -1.99. The standard InChI is InChI=1S/C93H133N9O29S/c1-8-53(4)86(81(117)40-61(34-58-19-25-66(108)26-20-58)89(127)97-73(33-52(2)3)77(113)38-62(42-84(121)122)88(126)96-54(5)15-12-13-31-94)101-91(129)64(47-103)41-78(114)74(36-59-21-27-67(109)28-22-59)98-90(128)63(43-85(123)124)39-79(115)76(49-105)100-93(131)72(56(7)107)45-80(116)75(35-57-16-10-9-11-17-57)99-92(130)71(55(6)106)44-69(111)46-95-87(125)60(23-30-83(119)120)37-70(112)51-132-50-68(110)18-14-32-102-65(48-104)24-29-82(102)118/h9-11,16-17,19-22,25-28,52-56,60-65,71-76,86,103-109H,8,12-15,18,23-24,29-51,94H2,1-7H3,(H,95,125)(H,96,126)(H,97,127)(H,98,128)(H,99,130)(H,100,131)(H,101,129)(H,119,120)(H,121,122)(H,123,124)/t53-,54+,55+,56+,60+,61+,62-,63-,64-,65-,71-,72-,73-,74-,75-,76-,86-/m0/s1. The molecule has 3 aromatic rings. The Morgan fingerprint density at radius 1 is 0.455 bits per heavy atom. The van der Waals surface area contributed by atoms with Crippen LogP contribution in [-0.4, -0.2) is 273 Å². The van der Waals surface area contributed by atoms with Crippen molar-refractivity contribution in [3.8, 4) is 11.5 Å². The fourth-order valence-corrected chi connectivity index (χ4v) is 16.1. The van der Waals surface area contributed by atoms with Crippen molar-refractivity contribution >= 4 is 123 Å². The zero-order chi connectivity index (χ0) is 98.6. The van der Waals surface area contributed by atoms with Crippen LogP contribution in [0.3, 0.4) is 0 Å². The van der Waals surface area contributed by atoms with Crippen LogP contribution in [0.2, 0.25) is 0 Å². The topological polar surface area (TPSA) is 640 Å². The molecule has 38 nitrogen and oxygen atoms in total. The highest BCUT2D eigenvalue weighted by atomic mass is 32.2. The molecule has 1 heterocycles. The molecule has 8 amide bonds. The molecule has 0 unspecified atom stereocenters. The predicted molar refractivity (Wildman–Crippen MR) is 480 cm³/mol. The molecule has 0 aliphatic carbocycles. The first-order valence-corrected chi connectivity index (χ1v) is 45.9. The number of phenols is 2. The van der Waals surface area contributed by atoms with Gasteiger partial charge in [0.2, 0.25) is 47.3 Å². The molecule has 1 saturated heterocycles. The maximum atomic E-state index is 14.9. The molecule has 0 aromatic heterocycles. The first-order valence-electron chi connectivity index (χ1n) is 44.7. The summed E-state index contributed by atoms with van der Waals surface area (Å²) in [7, 11) is 0. The zero-order valence-electron chi connectivity index (χ0n) is 76.0. The molecule has 0 saturated carbocycles. The SMILES string of the molecule is CC[C@H](C)[C@H](NC(=O)[C@H](CO)CC(=O)[C@H](Cc1ccc(O)cc1)NC(=O)[C@H](CC(=O)O)CC(=O)[C@H](CO)NC(=O)[C@@H](CC(=O)[C@H](Cc1ccccc1)NC(=O)[C@@H](CC(=O)CNC(=O)[C@H](CCC(=O)O)CC(=O)CSCC(=O)CCCN1C(=O)CC[C@H]1CO)[C@@H](C)O)[C@@H](C)O)C(=O)C[C@@H](Cc1ccc(O)cc1)C(=O)N[C@@H](CC(C)C)C(=O)C[C@@H](CC(=O)O)C(=O)N[C@H](C)CCCCN. The number of hydrogen-bond donors (Lipinski definition) is 18. The summed E-state index contributed by atoms with van der Waals surface area (Å²) in [4.78, 5) is 261. The second-order valence-electron chi connectivity index (χ2n) is 34.7. The molecule has 19 N–H and O–H groups in total. The van der Waals surface area contributed by atoms with Crippen molar-refractivity contribution in [2.45, 2.75) is 251 Å². The third kappa shape index (κ3) is 40.9. The van der Waals surface area contributed by atoms with E-state index in [0.717, 1.165) is 25.6 Å². The summed E-state index contributed by atoms with van der Waals surface area (Å²) in [6, 6.07) is 10.1. The van der Waals surface area contributed by atoms with Crippen LogP contribution in [0.25, 0.3) is 0 Å². The number of amides is 8. The maximum Gasteiger partial charge on any atom is 0.304 e. The van der Waals surface area contributed by atoms with Crippen LogP contribution in [0.15, 0.2) is 78.9 Å². The van der Waals surface area contributed by atoms with Gasteiger partial charge in [-0.1, -0.05) is 95.1 Å². The van der Waals surface area contributed by atoms with Gasteiger partial charge in [0.1, 0.15) is 29.1 Å². The molecule has 39 heteroatoms. The average Bonchev–Trinajstić information content (AvgIpc) is 0.949. The fraction of sp³-hybridized carbons (Fsp3) is 0.602. The number of carboxylic acid groups (broad SMARTS) is 3. The summed E-state index contributed by atoms with van der Waals surface area (Å²) in [6.07, 6.45) is -8.94. The number of aliphatic carboxylic acids is 3. The van der Waals surface area contributed by atoms with E-state index in [1.165, 1.54) is 53.4 Å². The number of ketones is 8. The van der Waals surface area contributed by atoms with E-state index in [1.54, 1.807) is 65.0 Å². The number of phenolic OH excluding ortho intramolecular Hbond substituents is 2. The number of aliphatic hydroxyl groups excluding tert-OH is 5. The molecule has 0 radical (unpaired) electrons. The summed E-state index contributed by atoms with van der Waals surface area (Å²) >= 11 is 0.971. The monoisotopic (exact) mass is 1870 g/mol. The highest BCUT2D eigenvalue weighted by Gasteiger charge is 2.41. The van der Waals surface area contributed by atoms with Crippen molar-refractivity contribution in [1.82, 2.24) is 42.1 Å². The molecular formula is C93H133N9O29S. The lowest BCUT2D eigenvalue weighted by Crippen LogP contribution is -2.52. The van der Waals surface area contributed by atoms with Gasteiger partial charge in [-0.05, 0) is 138 Å². The molecule has 17 atom stereocenters. The Hall–Kier alpha value is -11.1. The van der Waals surface area contributed by atoms with Crippen molar-refractivity contribution < 1.29 is 142 Å². The quantitative estimate of drug-likeness (QED) is 0.0360. The molecule has 3 aromatic carbocycles. The minimum absolute atomic E-state index is 0.0243. The van der Waals surface area contributed by atoms with Gasteiger partial charge in [-0.15, -0.1) is 11.8 Å². The predicted octanol–water partition coefficient (Wildman–Crippen LogP) is 2.05. The Morgan fingerprint density at radius 2 is 0.932 bits per heavy atom. The number of likely N-dealkylation sites (tertiary alicyclic amines) is 1. The Labute approximate surface area is 771 Å². The van der Waals surface area contributed by atoms with E-state index in [-0.39, 0.29) is 110 Å². The number of carbonyl (C=O) groups is 19. The second kappa shape index (κ2) is 58.7. The Balaban J connectivity index is 1.52. The summed E-state index contributed by atoms with van der Waals surface area (Å²) in [6.45, 7) is 8.22. The van der Waals surface area contributed by atoms with Gasteiger partial charge in [-0.3, -0.25) is 91.1 Å². The zero-order valence-corrected chi connectivity index (χ0v) is 76.8. The first-order chi connectivity index (χ1) is 62.4. The van der Waals surface area contributed by atoms with E-state index in [0.29, 0.717) is 56.2 Å². The van der Waals surface area contributed by atoms with E-state index in [4.69, 9.17) is 5.73 Å². The van der Waals surface area contributed by atoms with E-state index in [1.807, 2.05) is 0 Å². The number of benzene rings is 3. The van der Waals surface area contributed by atoms with Gasteiger partial charge in [0, 0.05) is 88.6 Å². The van der Waals surface area contributed by atoms with Crippen LogP contribution in [0.4, 0.5) is 0 Å². The van der Waals surface area contributed by atoms with Gasteiger partial charge >= 0.3 is 17.9 Å². The lowest BCUT2D eigenvalue weighted by atomic mass is 9.85. The third-order valence-corrected chi connectivity index (χ3v) is 24.3. The number of carbonyl (C=O) groups excluding carboxylic acids is 16. The molecule has 0 spiro atoms. The third-order valence-electron chi connectivity index (χ3n) is 23.2.